The number of rotatable bonds is 3. The predicted octanol–water partition coefficient (Wildman–Crippen LogP) is 3.34. The Labute approximate surface area is 138 Å². The van der Waals surface area contributed by atoms with Crippen molar-refractivity contribution in [1.29, 1.82) is 0 Å². The van der Waals surface area contributed by atoms with Crippen LogP contribution in [0, 0.1) is 6.92 Å². The fourth-order valence-electron chi connectivity index (χ4n) is 3.15. The number of aromatic nitrogens is 2. The molecule has 0 spiro atoms. The molecule has 24 heavy (non-hydrogen) atoms. The summed E-state index contributed by atoms with van der Waals surface area (Å²) < 4.78 is 11.0. The first-order valence-corrected chi connectivity index (χ1v) is 7.77. The Morgan fingerprint density at radius 2 is 2.25 bits per heavy atom. The smallest absolute Gasteiger partial charge is 0.291 e. The molecule has 1 aliphatic rings. The molecule has 1 aromatic carbocycles. The summed E-state index contributed by atoms with van der Waals surface area (Å²) in [5, 5.41) is 9.98. The number of nitrogens with zero attached hydrogens (tertiary/aromatic N) is 1. The van der Waals surface area contributed by atoms with Crippen LogP contribution in [0.3, 0.4) is 0 Å². The number of H-pyrrole nitrogens is 1. The van der Waals surface area contributed by atoms with Gasteiger partial charge in [0.15, 0.2) is 5.76 Å². The van der Waals surface area contributed by atoms with Gasteiger partial charge in [-0.05, 0) is 31.0 Å². The Hall–Kier alpha value is -3.02. The predicted molar refractivity (Wildman–Crippen MR) is 89.4 cm³/mol. The van der Waals surface area contributed by atoms with E-state index in [4.69, 9.17) is 9.15 Å². The number of fused-ring (bicyclic) bond motifs is 3. The maximum atomic E-state index is 12.6. The summed E-state index contributed by atoms with van der Waals surface area (Å²) in [4.78, 5) is 12.6. The van der Waals surface area contributed by atoms with Crippen LogP contribution in [0.2, 0.25) is 0 Å². The molecule has 0 atom stereocenters. The largest absolute Gasteiger partial charge is 0.497 e. The van der Waals surface area contributed by atoms with Crippen LogP contribution in [-0.4, -0.2) is 23.2 Å². The van der Waals surface area contributed by atoms with Crippen LogP contribution < -0.4 is 10.1 Å². The van der Waals surface area contributed by atoms with Gasteiger partial charge in [0.1, 0.15) is 11.5 Å². The van der Waals surface area contributed by atoms with Crippen molar-refractivity contribution in [3.63, 3.8) is 0 Å². The molecule has 2 N–H and O–H groups in total. The third-order valence-corrected chi connectivity index (χ3v) is 4.34. The standard InChI is InChI=1S/C18H17N3O3/c1-10-15-14(7-6-11-9-19-21-16(11)15)24-17(10)18(22)20-12-4-3-5-13(8-12)23-2/h3-5,8-9H,6-7H2,1-2H3,(H,19,21)(H,20,22). The first-order chi connectivity index (χ1) is 11.7. The average Bonchev–Trinajstić information content (AvgIpc) is 3.19. The number of anilines is 1. The molecular weight excluding hydrogens is 306 g/mol. The highest BCUT2D eigenvalue weighted by Gasteiger charge is 2.28. The molecule has 0 saturated heterocycles. The molecule has 2 heterocycles. The van der Waals surface area contributed by atoms with Crippen LogP contribution in [0.25, 0.3) is 11.3 Å². The van der Waals surface area contributed by atoms with Crippen molar-refractivity contribution in [1.82, 2.24) is 10.2 Å². The number of carbonyl (C=O) groups is 1. The summed E-state index contributed by atoms with van der Waals surface area (Å²) in [5.41, 5.74) is 4.57. The SMILES string of the molecule is COc1cccc(NC(=O)c2oc3c(c2C)-c2[nH]ncc2CC3)c1. The lowest BCUT2D eigenvalue weighted by atomic mass is 9.93. The lowest BCUT2D eigenvalue weighted by molar-refractivity contribution is 0.0994. The average molecular weight is 323 g/mol. The number of aromatic amines is 1. The van der Waals surface area contributed by atoms with E-state index >= 15 is 0 Å². The van der Waals surface area contributed by atoms with E-state index in [2.05, 4.69) is 15.5 Å². The molecule has 1 aliphatic carbocycles. The van der Waals surface area contributed by atoms with E-state index in [1.165, 1.54) is 0 Å². The van der Waals surface area contributed by atoms with Crippen LogP contribution >= 0.6 is 0 Å². The highest BCUT2D eigenvalue weighted by molar-refractivity contribution is 6.04. The van der Waals surface area contributed by atoms with E-state index in [9.17, 15) is 4.79 Å². The van der Waals surface area contributed by atoms with Gasteiger partial charge in [-0.1, -0.05) is 6.07 Å². The highest BCUT2D eigenvalue weighted by Crippen LogP contribution is 2.37. The Balaban J connectivity index is 1.67. The molecule has 3 aromatic rings. The van der Waals surface area contributed by atoms with E-state index in [-0.39, 0.29) is 5.91 Å². The van der Waals surface area contributed by atoms with Crippen LogP contribution in [0.1, 0.15) is 27.4 Å². The van der Waals surface area contributed by atoms with Crippen LogP contribution in [-0.2, 0) is 12.8 Å². The summed E-state index contributed by atoms with van der Waals surface area (Å²) in [6.45, 7) is 1.90. The Bertz CT molecular complexity index is 923. The molecule has 0 fully saturated rings. The molecule has 2 aromatic heterocycles. The lowest BCUT2D eigenvalue weighted by Gasteiger charge is -2.09. The van der Waals surface area contributed by atoms with Crippen molar-refractivity contribution < 1.29 is 13.9 Å². The van der Waals surface area contributed by atoms with Gasteiger partial charge in [0, 0.05) is 29.3 Å². The summed E-state index contributed by atoms with van der Waals surface area (Å²) >= 11 is 0. The maximum Gasteiger partial charge on any atom is 0.291 e. The molecule has 6 heteroatoms. The number of ether oxygens (including phenoxy) is 1. The van der Waals surface area contributed by atoms with Crippen molar-refractivity contribution in [3.8, 4) is 17.0 Å². The van der Waals surface area contributed by atoms with E-state index < -0.39 is 0 Å². The monoisotopic (exact) mass is 323 g/mol. The van der Waals surface area contributed by atoms with Gasteiger partial charge >= 0.3 is 0 Å². The quantitative estimate of drug-likeness (QED) is 0.774. The summed E-state index contributed by atoms with van der Waals surface area (Å²) in [7, 11) is 1.59. The highest BCUT2D eigenvalue weighted by atomic mass is 16.5. The number of hydrogen-bond acceptors (Lipinski definition) is 4. The molecule has 0 bridgehead atoms. The minimum atomic E-state index is -0.267. The zero-order valence-corrected chi connectivity index (χ0v) is 13.5. The zero-order valence-electron chi connectivity index (χ0n) is 13.5. The zero-order chi connectivity index (χ0) is 16.7. The van der Waals surface area contributed by atoms with Gasteiger partial charge in [-0.2, -0.15) is 5.10 Å². The summed E-state index contributed by atoms with van der Waals surface area (Å²) in [5.74, 6) is 1.59. The molecular formula is C18H17N3O3. The second-order valence-corrected chi connectivity index (χ2v) is 5.81. The molecule has 122 valence electrons. The number of nitrogens with one attached hydrogen (secondary N) is 2. The van der Waals surface area contributed by atoms with E-state index in [0.29, 0.717) is 17.2 Å². The van der Waals surface area contributed by atoms with Crippen molar-refractivity contribution in [2.45, 2.75) is 19.8 Å². The first-order valence-electron chi connectivity index (χ1n) is 7.77. The molecule has 0 radical (unpaired) electrons. The lowest BCUT2D eigenvalue weighted by Crippen LogP contribution is -2.12. The van der Waals surface area contributed by atoms with E-state index in [1.807, 2.05) is 31.3 Å². The fourth-order valence-corrected chi connectivity index (χ4v) is 3.15. The number of methoxy groups -OCH3 is 1. The minimum Gasteiger partial charge on any atom is -0.497 e. The van der Waals surface area contributed by atoms with Gasteiger partial charge in [-0.25, -0.2) is 0 Å². The minimum absolute atomic E-state index is 0.267. The van der Waals surface area contributed by atoms with E-state index in [1.54, 1.807) is 13.2 Å². The van der Waals surface area contributed by atoms with Gasteiger partial charge in [-0.15, -0.1) is 0 Å². The molecule has 4 rings (SSSR count). The number of furan rings is 1. The number of benzene rings is 1. The van der Waals surface area contributed by atoms with Crippen LogP contribution in [0.5, 0.6) is 5.75 Å². The molecule has 0 saturated carbocycles. The van der Waals surface area contributed by atoms with Gasteiger partial charge < -0.3 is 14.5 Å². The van der Waals surface area contributed by atoms with Crippen LogP contribution in [0.15, 0.2) is 34.9 Å². The molecule has 0 aliphatic heterocycles. The Kier molecular flexibility index (Phi) is 3.37. The molecule has 0 unspecified atom stereocenters. The van der Waals surface area contributed by atoms with Crippen molar-refractivity contribution >= 4 is 11.6 Å². The van der Waals surface area contributed by atoms with Gasteiger partial charge in [0.2, 0.25) is 0 Å². The normalized spacial score (nSPS) is 12.4. The van der Waals surface area contributed by atoms with Gasteiger partial charge in [0.25, 0.3) is 5.91 Å². The number of hydrogen-bond donors (Lipinski definition) is 2. The Morgan fingerprint density at radius 1 is 1.38 bits per heavy atom. The number of carbonyl (C=O) groups excluding carboxylic acids is 1. The van der Waals surface area contributed by atoms with Crippen molar-refractivity contribution in [2.75, 3.05) is 12.4 Å². The number of aryl methyl sites for hydroxylation is 2. The fraction of sp³-hybridized carbons (Fsp3) is 0.222. The second kappa shape index (κ2) is 5.56. The maximum absolute atomic E-state index is 12.6. The molecule has 6 nitrogen and oxygen atoms in total. The Morgan fingerprint density at radius 3 is 3.08 bits per heavy atom. The van der Waals surface area contributed by atoms with Gasteiger partial charge in [-0.3, -0.25) is 9.89 Å². The van der Waals surface area contributed by atoms with E-state index in [0.717, 1.165) is 41.0 Å². The topological polar surface area (TPSA) is 80.1 Å². The first kappa shape index (κ1) is 14.6. The number of amides is 1. The third kappa shape index (κ3) is 2.27. The van der Waals surface area contributed by atoms with Crippen molar-refractivity contribution in [3.05, 3.63) is 53.1 Å². The summed E-state index contributed by atoms with van der Waals surface area (Å²) in [6.07, 6.45) is 3.47. The summed E-state index contributed by atoms with van der Waals surface area (Å²) in [6, 6.07) is 7.23. The van der Waals surface area contributed by atoms with Crippen LogP contribution in [0.4, 0.5) is 5.69 Å². The third-order valence-electron chi connectivity index (χ3n) is 4.34. The van der Waals surface area contributed by atoms with Gasteiger partial charge in [0.05, 0.1) is 19.0 Å². The second-order valence-electron chi connectivity index (χ2n) is 5.81. The molecule has 1 amide bonds. The van der Waals surface area contributed by atoms with Crippen molar-refractivity contribution in [2.24, 2.45) is 0 Å².